The van der Waals surface area contributed by atoms with Crippen LogP contribution >= 0.6 is 0 Å². The van der Waals surface area contributed by atoms with Crippen LogP contribution in [0.3, 0.4) is 0 Å². The van der Waals surface area contributed by atoms with Gasteiger partial charge in [0.25, 0.3) is 0 Å². The maximum absolute atomic E-state index is 16.7. The number of halogens is 2. The molecule has 2 aliphatic carbocycles. The summed E-state index contributed by atoms with van der Waals surface area (Å²) >= 11 is 0. The highest BCUT2D eigenvalue weighted by molar-refractivity contribution is 5.70. The van der Waals surface area contributed by atoms with Gasteiger partial charge in [0, 0.05) is 73.4 Å². The van der Waals surface area contributed by atoms with Gasteiger partial charge in [-0.25, -0.2) is 28.1 Å². The Bertz CT molecular complexity index is 2800. The number of pyridine rings is 2. The minimum atomic E-state index is -0.799. The molecule has 1 saturated heterocycles. The van der Waals surface area contributed by atoms with Crippen LogP contribution in [0.25, 0.3) is 0 Å². The summed E-state index contributed by atoms with van der Waals surface area (Å²) in [4.78, 5) is 58.4. The standard InChI is InChI=1S/C57H60F2N6O6/c1-57(2,3)71-56(68)63-29-28-62(53-33-48(59)46-31-44(25-27-50(46)61-53)65(35-40-18-10-5-11-19-40)55(67)70-38-42-22-14-7-15-23-42)36-52(63)51-32-47(58)45-30-43(24-26-49(45)60-51)64(34-39-16-8-4-9-17-39)54(66)69-37-41-20-12-6-13-21-41/h4-23,32-33,43-44,52H,24-31,34-38H2,1-3H3/t43-,44-,52?/m0/s1. The van der Waals surface area contributed by atoms with Gasteiger partial charge >= 0.3 is 18.3 Å². The molecule has 4 aromatic carbocycles. The van der Waals surface area contributed by atoms with Crippen LogP contribution in [0.2, 0.25) is 0 Å². The summed E-state index contributed by atoms with van der Waals surface area (Å²) in [5, 5.41) is 0. The van der Waals surface area contributed by atoms with Gasteiger partial charge in [0.15, 0.2) is 0 Å². The molecule has 0 radical (unpaired) electrons. The third kappa shape index (κ3) is 12.0. The Labute approximate surface area is 414 Å². The minimum absolute atomic E-state index is 0.107. The number of fused-ring (bicyclic) bond motifs is 2. The largest absolute Gasteiger partial charge is 0.445 e. The molecule has 0 saturated carbocycles. The molecule has 0 N–H and O–H groups in total. The number of carbonyl (C=O) groups is 3. The number of carbonyl (C=O) groups excluding carboxylic acids is 3. The third-order valence-corrected chi connectivity index (χ3v) is 13.5. The second-order valence-electron chi connectivity index (χ2n) is 19.6. The fourth-order valence-corrected chi connectivity index (χ4v) is 9.81. The van der Waals surface area contributed by atoms with E-state index in [0.29, 0.717) is 79.3 Å². The van der Waals surface area contributed by atoms with E-state index in [-0.39, 0.29) is 51.2 Å². The summed E-state index contributed by atoms with van der Waals surface area (Å²) in [5.41, 5.74) is 5.17. The maximum atomic E-state index is 16.7. The lowest BCUT2D eigenvalue weighted by Crippen LogP contribution is -2.52. The van der Waals surface area contributed by atoms with Crippen molar-refractivity contribution < 1.29 is 37.4 Å². The molecule has 6 aromatic rings. The molecule has 3 atom stereocenters. The number of amides is 3. The summed E-state index contributed by atoms with van der Waals surface area (Å²) in [6.45, 7) is 6.84. The number of rotatable bonds is 12. The first kappa shape index (κ1) is 48.7. The molecule has 0 bridgehead atoms. The molecule has 3 heterocycles. The maximum Gasteiger partial charge on any atom is 0.410 e. The molecular weight excluding hydrogens is 903 g/mol. The first-order valence-electron chi connectivity index (χ1n) is 24.5. The van der Waals surface area contributed by atoms with Gasteiger partial charge < -0.3 is 28.9 Å². The molecule has 1 aliphatic heterocycles. The van der Waals surface area contributed by atoms with Crippen molar-refractivity contribution in [2.75, 3.05) is 24.5 Å². The van der Waals surface area contributed by atoms with E-state index in [9.17, 15) is 14.4 Å². The predicted molar refractivity (Wildman–Crippen MR) is 265 cm³/mol. The van der Waals surface area contributed by atoms with E-state index < -0.39 is 41.6 Å². The van der Waals surface area contributed by atoms with Crippen LogP contribution in [0.15, 0.2) is 133 Å². The van der Waals surface area contributed by atoms with Gasteiger partial charge in [0.05, 0.1) is 11.7 Å². The van der Waals surface area contributed by atoms with Gasteiger partial charge in [-0.3, -0.25) is 9.88 Å². The van der Waals surface area contributed by atoms with Crippen LogP contribution < -0.4 is 4.90 Å². The highest BCUT2D eigenvalue weighted by atomic mass is 19.1. The molecule has 1 unspecified atom stereocenters. The second-order valence-corrected chi connectivity index (χ2v) is 19.6. The van der Waals surface area contributed by atoms with Crippen LogP contribution in [0.5, 0.6) is 0 Å². The molecule has 9 rings (SSSR count). The van der Waals surface area contributed by atoms with E-state index in [4.69, 9.17) is 24.2 Å². The number of benzene rings is 4. The Morgan fingerprint density at radius 1 is 0.620 bits per heavy atom. The van der Waals surface area contributed by atoms with Crippen molar-refractivity contribution in [3.05, 3.63) is 196 Å². The van der Waals surface area contributed by atoms with E-state index in [1.807, 2.05) is 126 Å². The molecule has 3 amide bonds. The van der Waals surface area contributed by atoms with Crippen molar-refractivity contribution >= 4 is 24.1 Å². The lowest BCUT2D eigenvalue weighted by Gasteiger charge is -2.42. The van der Waals surface area contributed by atoms with Crippen LogP contribution in [0.4, 0.5) is 29.0 Å². The SMILES string of the molecule is CC(C)(C)OC(=O)N1CCN(c2cc(F)c3c(n2)CC[C@H](N(Cc2ccccc2)C(=O)OCc2ccccc2)C3)CC1c1cc(F)c2c(n1)CC[C@H](N(Cc1ccccc1)C(=O)OCc1ccccc1)C2. The Balaban J connectivity index is 0.946. The van der Waals surface area contributed by atoms with Crippen molar-refractivity contribution in [1.29, 1.82) is 0 Å². The lowest BCUT2D eigenvalue weighted by atomic mass is 9.89. The van der Waals surface area contributed by atoms with Gasteiger partial charge in [-0.1, -0.05) is 121 Å². The zero-order chi connectivity index (χ0) is 49.5. The zero-order valence-corrected chi connectivity index (χ0v) is 40.5. The fraction of sp³-hybridized carbons (Fsp3) is 0.351. The number of piperazine rings is 1. The van der Waals surface area contributed by atoms with Gasteiger partial charge in [0.2, 0.25) is 0 Å². The molecule has 12 nitrogen and oxygen atoms in total. The van der Waals surface area contributed by atoms with Gasteiger partial charge in [-0.05, 0) is 87.6 Å². The summed E-state index contributed by atoms with van der Waals surface area (Å²) in [6.07, 6.45) is 0.840. The molecule has 0 spiro atoms. The summed E-state index contributed by atoms with van der Waals surface area (Å²) in [7, 11) is 0. The molecule has 1 fully saturated rings. The average molecular weight is 963 g/mol. The van der Waals surface area contributed by atoms with Crippen LogP contribution in [-0.4, -0.2) is 80.3 Å². The molecule has 3 aliphatic rings. The number of ether oxygens (including phenoxy) is 3. The first-order chi connectivity index (χ1) is 34.3. The van der Waals surface area contributed by atoms with E-state index in [1.54, 1.807) is 35.5 Å². The fourth-order valence-electron chi connectivity index (χ4n) is 9.81. The number of hydrogen-bond acceptors (Lipinski definition) is 9. The molecule has 2 aromatic heterocycles. The van der Waals surface area contributed by atoms with Crippen molar-refractivity contribution in [3.63, 3.8) is 0 Å². The lowest BCUT2D eigenvalue weighted by molar-refractivity contribution is 0.0132. The third-order valence-electron chi connectivity index (χ3n) is 13.5. The van der Waals surface area contributed by atoms with E-state index >= 15 is 8.78 Å². The van der Waals surface area contributed by atoms with Gasteiger partial charge in [-0.15, -0.1) is 0 Å². The Morgan fingerprint density at radius 3 is 1.55 bits per heavy atom. The number of hydrogen-bond donors (Lipinski definition) is 0. The summed E-state index contributed by atoms with van der Waals surface area (Å²) < 4.78 is 50.8. The number of anilines is 1. The smallest absolute Gasteiger partial charge is 0.410 e. The number of nitrogens with zero attached hydrogens (tertiary/aromatic N) is 6. The Hall–Kier alpha value is -7.35. The van der Waals surface area contributed by atoms with Gasteiger partial charge in [-0.2, -0.15) is 0 Å². The van der Waals surface area contributed by atoms with E-state index in [2.05, 4.69) is 0 Å². The molecular formula is C57H60F2N6O6. The predicted octanol–water partition coefficient (Wildman–Crippen LogP) is 10.9. The topological polar surface area (TPSA) is 118 Å². The quantitative estimate of drug-likeness (QED) is 0.111. The number of aryl methyl sites for hydroxylation is 2. The average Bonchev–Trinajstić information content (AvgIpc) is 3.38. The van der Waals surface area contributed by atoms with E-state index in [1.165, 1.54) is 12.1 Å². The highest BCUT2D eigenvalue weighted by Gasteiger charge is 2.39. The molecule has 71 heavy (non-hydrogen) atoms. The highest BCUT2D eigenvalue weighted by Crippen LogP contribution is 2.36. The summed E-state index contributed by atoms with van der Waals surface area (Å²) in [6, 6.07) is 39.6. The van der Waals surface area contributed by atoms with Crippen molar-refractivity contribution in [3.8, 4) is 0 Å². The van der Waals surface area contributed by atoms with Crippen molar-refractivity contribution in [2.24, 2.45) is 0 Å². The van der Waals surface area contributed by atoms with Crippen LogP contribution in [0, 0.1) is 11.6 Å². The normalized spacial score (nSPS) is 17.6. The van der Waals surface area contributed by atoms with Gasteiger partial charge in [0.1, 0.15) is 36.3 Å². The second kappa shape index (κ2) is 21.7. The Morgan fingerprint density at radius 2 is 1.07 bits per heavy atom. The van der Waals surface area contributed by atoms with Crippen LogP contribution in [0.1, 0.15) is 90.1 Å². The Kier molecular flexibility index (Phi) is 14.9. The molecule has 14 heteroatoms. The minimum Gasteiger partial charge on any atom is -0.445 e. The summed E-state index contributed by atoms with van der Waals surface area (Å²) in [5.74, 6) is -0.516. The van der Waals surface area contributed by atoms with E-state index in [0.717, 1.165) is 22.3 Å². The van der Waals surface area contributed by atoms with Crippen LogP contribution in [-0.2, 0) is 66.2 Å². The molecule has 368 valence electrons. The number of aromatic nitrogens is 2. The monoisotopic (exact) mass is 962 g/mol. The van der Waals surface area contributed by atoms with Crippen molar-refractivity contribution in [2.45, 2.75) is 109 Å². The first-order valence-corrected chi connectivity index (χ1v) is 24.5. The van der Waals surface area contributed by atoms with Crippen molar-refractivity contribution in [1.82, 2.24) is 24.7 Å². The zero-order valence-electron chi connectivity index (χ0n) is 40.5.